The van der Waals surface area contributed by atoms with E-state index in [2.05, 4.69) is 303 Å². The lowest BCUT2D eigenvalue weighted by Gasteiger charge is -2.29. The first kappa shape index (κ1) is 45.8. The summed E-state index contributed by atoms with van der Waals surface area (Å²) in [5.41, 5.74) is 18.9. The van der Waals surface area contributed by atoms with Gasteiger partial charge in [0.15, 0.2) is 0 Å². The van der Waals surface area contributed by atoms with Crippen LogP contribution in [0.2, 0.25) is 0 Å². The topological polar surface area (TPSA) is 6.48 Å². The van der Waals surface area contributed by atoms with Crippen LogP contribution in [0.3, 0.4) is 0 Å². The van der Waals surface area contributed by atoms with E-state index < -0.39 is 0 Å². The summed E-state index contributed by atoms with van der Waals surface area (Å²) in [5.74, 6) is 0. The Kier molecular flexibility index (Phi) is 10.8. The number of hydrogen-bond donors (Lipinski definition) is 0. The minimum absolute atomic E-state index is 0.268. The van der Waals surface area contributed by atoms with Crippen molar-refractivity contribution < 1.29 is 0 Å². The summed E-state index contributed by atoms with van der Waals surface area (Å²) in [4.78, 5) is 4.79. The molecule has 0 radical (unpaired) electrons. The molecule has 2 nitrogen and oxygen atoms in total. The Labute approximate surface area is 459 Å². The molecule has 78 heavy (non-hydrogen) atoms. The van der Waals surface area contributed by atoms with Crippen molar-refractivity contribution in [2.24, 2.45) is 0 Å². The molecular weight excluding hydrogens is 961 g/mol. The van der Waals surface area contributed by atoms with Crippen LogP contribution in [0.15, 0.2) is 279 Å². The highest BCUT2D eigenvalue weighted by Crippen LogP contribution is 2.53. The highest BCUT2D eigenvalue weighted by molar-refractivity contribution is 7.26. The number of benzene rings is 13. The third-order valence-corrected chi connectivity index (χ3v) is 17.7. The van der Waals surface area contributed by atoms with E-state index in [-0.39, 0.29) is 5.41 Å². The lowest BCUT2D eigenvalue weighted by molar-refractivity contribution is 0.660. The zero-order valence-corrected chi connectivity index (χ0v) is 44.2. The molecule has 1 aliphatic rings. The summed E-state index contributed by atoms with van der Waals surface area (Å²) in [6, 6.07) is 103. The average molecular weight is 1010 g/mol. The van der Waals surface area contributed by atoms with Crippen molar-refractivity contribution in [3.05, 3.63) is 290 Å². The summed E-state index contributed by atoms with van der Waals surface area (Å²) in [7, 11) is 0. The van der Waals surface area contributed by atoms with Gasteiger partial charge in [0.2, 0.25) is 0 Å². The van der Waals surface area contributed by atoms with Gasteiger partial charge in [-0.15, -0.1) is 11.3 Å². The van der Waals surface area contributed by atoms with Gasteiger partial charge in [0.25, 0.3) is 0 Å². The van der Waals surface area contributed by atoms with Crippen LogP contribution in [0.1, 0.15) is 25.0 Å². The number of nitrogens with zero attached hydrogens (tertiary/aromatic N) is 2. The van der Waals surface area contributed by atoms with E-state index in [4.69, 9.17) is 0 Å². The van der Waals surface area contributed by atoms with Gasteiger partial charge in [-0.2, -0.15) is 0 Å². The maximum Gasteiger partial charge on any atom is 0.0465 e. The summed E-state index contributed by atoms with van der Waals surface area (Å²) in [6.07, 6.45) is 0. The van der Waals surface area contributed by atoms with Crippen LogP contribution >= 0.6 is 11.3 Å². The number of thiophene rings is 1. The first-order chi connectivity index (χ1) is 38.4. The average Bonchev–Trinajstić information content (AvgIpc) is 4.18. The monoisotopic (exact) mass is 1010 g/mol. The van der Waals surface area contributed by atoms with Crippen molar-refractivity contribution in [2.75, 3.05) is 9.80 Å². The zero-order valence-electron chi connectivity index (χ0n) is 43.4. The van der Waals surface area contributed by atoms with Crippen molar-refractivity contribution in [3.63, 3.8) is 0 Å². The summed E-state index contributed by atoms with van der Waals surface area (Å²) < 4.78 is 2.66. The van der Waals surface area contributed by atoms with Gasteiger partial charge in [-0.05, 0) is 173 Å². The molecule has 0 unspecified atom stereocenters. The molecule has 0 atom stereocenters. The Bertz CT molecular complexity index is 4540. The molecule has 0 fully saturated rings. The maximum atomic E-state index is 2.44. The molecule has 0 saturated carbocycles. The Morgan fingerprint density at radius 2 is 0.641 bits per heavy atom. The van der Waals surface area contributed by atoms with Crippen molar-refractivity contribution >= 4 is 98.0 Å². The first-order valence-electron chi connectivity index (χ1n) is 27.0. The molecule has 368 valence electrons. The van der Waals surface area contributed by atoms with E-state index in [9.17, 15) is 0 Å². The number of hydrogen-bond acceptors (Lipinski definition) is 3. The number of anilines is 6. The molecule has 1 heterocycles. The maximum absolute atomic E-state index is 2.44. The van der Waals surface area contributed by atoms with Crippen molar-refractivity contribution in [1.29, 1.82) is 0 Å². The van der Waals surface area contributed by atoms with Gasteiger partial charge in [-0.3, -0.25) is 0 Å². The predicted octanol–water partition coefficient (Wildman–Crippen LogP) is 21.8. The standard InChI is InChI=1S/C75H52N2S/c1-75(2)71-47-58(76(54-16-5-3-6-17-54)55-18-7-4-8-19-55)41-44-66(71)67-45-42-59(48-72(67)75)77(57-39-34-51(35-40-57)53-36-43-65-63-22-10-9-20-61(63)62-21-11-12-23-64(62)70(65)46-53)56-37-32-50(33-38-56)49-28-30-52(31-29-49)60-25-15-26-69-68-24-13-14-27-73(68)78-74(60)69/h3-48H,1-2H3. The molecule has 0 saturated heterocycles. The third-order valence-electron chi connectivity index (χ3n) is 16.5. The Hall–Kier alpha value is -9.54. The molecule has 1 aromatic heterocycles. The molecule has 14 aromatic rings. The van der Waals surface area contributed by atoms with Crippen LogP contribution in [-0.2, 0) is 5.41 Å². The molecular formula is C75H52N2S. The summed E-state index contributed by atoms with van der Waals surface area (Å²) >= 11 is 1.88. The Morgan fingerprint density at radius 1 is 0.256 bits per heavy atom. The molecule has 0 spiro atoms. The lowest BCUT2D eigenvalue weighted by Crippen LogP contribution is -2.17. The van der Waals surface area contributed by atoms with Gasteiger partial charge in [0.05, 0.1) is 0 Å². The number of rotatable bonds is 9. The zero-order chi connectivity index (χ0) is 51.9. The molecule has 0 bridgehead atoms. The van der Waals surface area contributed by atoms with Crippen molar-refractivity contribution in [1.82, 2.24) is 0 Å². The normalized spacial score (nSPS) is 12.6. The van der Waals surface area contributed by atoms with Gasteiger partial charge in [-0.25, -0.2) is 0 Å². The first-order valence-corrected chi connectivity index (χ1v) is 27.8. The predicted molar refractivity (Wildman–Crippen MR) is 335 cm³/mol. The van der Waals surface area contributed by atoms with Gasteiger partial charge in [0, 0.05) is 59.7 Å². The third kappa shape index (κ3) is 7.53. The summed E-state index contributed by atoms with van der Waals surface area (Å²) in [6.45, 7) is 4.77. The molecule has 1 aliphatic carbocycles. The van der Waals surface area contributed by atoms with E-state index in [0.717, 1.165) is 34.1 Å². The minimum atomic E-state index is -0.268. The smallest absolute Gasteiger partial charge is 0.0465 e. The van der Waals surface area contributed by atoms with Crippen molar-refractivity contribution in [2.45, 2.75) is 19.3 Å². The second-order valence-corrected chi connectivity index (χ2v) is 22.3. The molecule has 3 heteroatoms. The van der Waals surface area contributed by atoms with Crippen LogP contribution in [0.4, 0.5) is 34.1 Å². The summed E-state index contributed by atoms with van der Waals surface area (Å²) in [5, 5.41) is 10.4. The van der Waals surface area contributed by atoms with E-state index in [0.29, 0.717) is 0 Å². The molecule has 0 aliphatic heterocycles. The fraction of sp³-hybridized carbons (Fsp3) is 0.0400. The van der Waals surface area contributed by atoms with Gasteiger partial charge < -0.3 is 9.80 Å². The van der Waals surface area contributed by atoms with E-state index in [1.54, 1.807) is 0 Å². The molecule has 0 amide bonds. The van der Waals surface area contributed by atoms with Crippen LogP contribution in [-0.4, -0.2) is 0 Å². The fourth-order valence-corrected chi connectivity index (χ4v) is 13.8. The largest absolute Gasteiger partial charge is 0.310 e. The quantitative estimate of drug-likeness (QED) is 0.133. The molecule has 15 rings (SSSR count). The SMILES string of the molecule is CC1(C)c2cc(N(c3ccccc3)c3ccccc3)ccc2-c2ccc(N(c3ccc(-c4ccc(-c5cccc6c5sc5ccccc56)cc4)cc3)c3ccc(-c4ccc5c6ccccc6c6ccccc6c5c4)cc3)cc21. The molecule has 0 N–H and O–H groups in total. The Morgan fingerprint density at radius 3 is 1.18 bits per heavy atom. The van der Waals surface area contributed by atoms with Gasteiger partial charge >= 0.3 is 0 Å². The molecule has 13 aromatic carbocycles. The number of fused-ring (bicyclic) bond motifs is 12. The van der Waals surface area contributed by atoms with E-state index in [1.807, 2.05) is 11.3 Å². The Balaban J connectivity index is 0.807. The highest BCUT2D eigenvalue weighted by Gasteiger charge is 2.37. The van der Waals surface area contributed by atoms with Gasteiger partial charge in [0.1, 0.15) is 0 Å². The van der Waals surface area contributed by atoms with Crippen molar-refractivity contribution in [3.8, 4) is 44.5 Å². The van der Waals surface area contributed by atoms with E-state index in [1.165, 1.54) is 108 Å². The fourth-order valence-electron chi connectivity index (χ4n) is 12.6. The van der Waals surface area contributed by atoms with Crippen LogP contribution in [0.25, 0.3) is 97.0 Å². The lowest BCUT2D eigenvalue weighted by atomic mass is 9.82. The van der Waals surface area contributed by atoms with E-state index >= 15 is 0 Å². The second kappa shape index (κ2) is 18.3. The van der Waals surface area contributed by atoms with Crippen LogP contribution < -0.4 is 9.80 Å². The second-order valence-electron chi connectivity index (χ2n) is 21.2. The van der Waals surface area contributed by atoms with Gasteiger partial charge in [-0.1, -0.05) is 208 Å². The highest BCUT2D eigenvalue weighted by atomic mass is 32.1. The number of para-hydroxylation sites is 2. The van der Waals surface area contributed by atoms with Crippen LogP contribution in [0.5, 0.6) is 0 Å². The minimum Gasteiger partial charge on any atom is -0.310 e. The van der Waals surface area contributed by atoms with Crippen LogP contribution in [0, 0.1) is 0 Å².